The average Bonchev–Trinajstić information content (AvgIpc) is 3.06. The maximum Gasteiger partial charge on any atom is 0.223 e. The second-order valence-corrected chi connectivity index (χ2v) is 10.6. The number of nitrogens with zero attached hydrogens (tertiary/aromatic N) is 2. The smallest absolute Gasteiger partial charge is 0.223 e. The average molecular weight is 361 g/mol. The van der Waals surface area contributed by atoms with E-state index >= 15 is 0 Å². The van der Waals surface area contributed by atoms with Crippen molar-refractivity contribution in [1.82, 2.24) is 4.90 Å². The lowest BCUT2D eigenvalue weighted by molar-refractivity contribution is -0.133. The quantitative estimate of drug-likeness (QED) is 0.723. The van der Waals surface area contributed by atoms with Crippen LogP contribution in [-0.2, 0) is 9.59 Å². The standard InChI is InChI=1S/C20H28N2O2S/c21-13-16(25-10-4-5-11-25)18(24)19-20(8-9-20)12-17(23)22(19)14-15-6-2-1-3-7-15/h15,19H,1-12,14H2. The predicted octanol–water partition coefficient (Wildman–Crippen LogP) is 3.28. The van der Waals surface area contributed by atoms with Crippen LogP contribution in [0.3, 0.4) is 0 Å². The van der Waals surface area contributed by atoms with Crippen LogP contribution in [0.15, 0.2) is 0 Å². The molecule has 0 aromatic heterocycles. The number of hydrogen-bond donors (Lipinski definition) is 0. The third-order valence-corrected chi connectivity index (χ3v) is 9.11. The van der Waals surface area contributed by atoms with Crippen molar-refractivity contribution in [2.24, 2.45) is 11.3 Å². The van der Waals surface area contributed by atoms with Gasteiger partial charge in [0.15, 0.2) is 0 Å². The molecule has 1 spiro atoms. The van der Waals surface area contributed by atoms with Crippen LogP contribution >= 0.6 is 10.5 Å². The summed E-state index contributed by atoms with van der Waals surface area (Å²) in [6.45, 7) is 0.740. The topological polar surface area (TPSA) is 61.2 Å². The van der Waals surface area contributed by atoms with E-state index in [1.54, 1.807) is 0 Å². The molecule has 0 radical (unpaired) electrons. The van der Waals surface area contributed by atoms with Gasteiger partial charge in [0.05, 0.1) is 0 Å². The van der Waals surface area contributed by atoms with Gasteiger partial charge in [0, 0.05) is 18.4 Å². The van der Waals surface area contributed by atoms with Crippen molar-refractivity contribution in [2.45, 2.75) is 70.3 Å². The minimum absolute atomic E-state index is 0.00638. The van der Waals surface area contributed by atoms with Crippen LogP contribution in [0, 0.1) is 22.7 Å². The lowest BCUT2D eigenvalue weighted by Gasteiger charge is -2.32. The van der Waals surface area contributed by atoms with Gasteiger partial charge in [-0.05, 0) is 55.9 Å². The molecule has 1 unspecified atom stereocenters. The Kier molecular flexibility index (Phi) is 4.75. The first-order valence-electron chi connectivity index (χ1n) is 9.93. The third kappa shape index (κ3) is 3.18. The Labute approximate surface area is 152 Å². The third-order valence-electron chi connectivity index (χ3n) is 6.68. The molecule has 2 saturated heterocycles. The van der Waals surface area contributed by atoms with Crippen molar-refractivity contribution in [2.75, 3.05) is 18.1 Å². The van der Waals surface area contributed by atoms with E-state index < -0.39 is 0 Å². The fraction of sp³-hybridized carbons (Fsp3) is 0.800. The van der Waals surface area contributed by atoms with Gasteiger partial charge in [0.1, 0.15) is 17.0 Å². The van der Waals surface area contributed by atoms with Gasteiger partial charge in [-0.3, -0.25) is 9.59 Å². The largest absolute Gasteiger partial charge is 0.331 e. The number of Topliss-reactive ketones (excluding diaryl/α,β-unsaturated/α-hetero) is 1. The number of carbonyl (C=O) groups is 2. The van der Waals surface area contributed by atoms with Crippen LogP contribution in [0.25, 0.3) is 0 Å². The van der Waals surface area contributed by atoms with Gasteiger partial charge in [0.25, 0.3) is 0 Å². The van der Waals surface area contributed by atoms with E-state index in [-0.39, 0.29) is 33.6 Å². The monoisotopic (exact) mass is 360 g/mol. The van der Waals surface area contributed by atoms with Crippen molar-refractivity contribution in [3.8, 4) is 6.07 Å². The molecule has 4 nitrogen and oxygen atoms in total. The van der Waals surface area contributed by atoms with Crippen LogP contribution < -0.4 is 0 Å². The van der Waals surface area contributed by atoms with E-state index in [1.807, 2.05) is 4.90 Å². The van der Waals surface area contributed by atoms with Crippen molar-refractivity contribution >= 4 is 27.0 Å². The Balaban J connectivity index is 1.60. The highest BCUT2D eigenvalue weighted by Gasteiger charge is 2.62. The summed E-state index contributed by atoms with van der Waals surface area (Å²) < 4.78 is 0. The fourth-order valence-electron chi connectivity index (χ4n) is 5.10. The van der Waals surface area contributed by atoms with Crippen LogP contribution in [0.5, 0.6) is 0 Å². The molecule has 25 heavy (non-hydrogen) atoms. The predicted molar refractivity (Wildman–Crippen MR) is 101 cm³/mol. The first kappa shape index (κ1) is 17.3. The Morgan fingerprint density at radius 2 is 1.84 bits per heavy atom. The highest BCUT2D eigenvalue weighted by Crippen LogP contribution is 2.58. The minimum Gasteiger partial charge on any atom is -0.331 e. The van der Waals surface area contributed by atoms with Crippen molar-refractivity contribution < 1.29 is 9.59 Å². The summed E-state index contributed by atoms with van der Waals surface area (Å²) in [7, 11) is -0.161. The van der Waals surface area contributed by atoms with Crippen LogP contribution in [0.1, 0.15) is 64.2 Å². The van der Waals surface area contributed by atoms with Gasteiger partial charge in [0.2, 0.25) is 11.7 Å². The van der Waals surface area contributed by atoms with E-state index in [0.717, 1.165) is 43.7 Å². The number of likely N-dealkylation sites (tertiary alicyclic amines) is 1. The Morgan fingerprint density at radius 1 is 1.16 bits per heavy atom. The van der Waals surface area contributed by atoms with E-state index in [9.17, 15) is 14.9 Å². The molecule has 136 valence electrons. The first-order valence-corrected chi connectivity index (χ1v) is 11.5. The Morgan fingerprint density at radius 3 is 2.44 bits per heavy atom. The molecule has 0 bridgehead atoms. The summed E-state index contributed by atoms with van der Waals surface area (Å²) in [6.07, 6.45) is 10.9. The molecular weight excluding hydrogens is 332 g/mol. The van der Waals surface area contributed by atoms with E-state index in [0.29, 0.717) is 17.2 Å². The van der Waals surface area contributed by atoms with Crippen LogP contribution in [0.4, 0.5) is 0 Å². The van der Waals surface area contributed by atoms with E-state index in [4.69, 9.17) is 0 Å². The van der Waals surface area contributed by atoms with Gasteiger partial charge in [-0.15, -0.1) is 0 Å². The summed E-state index contributed by atoms with van der Waals surface area (Å²) in [5.74, 6) is 2.69. The molecule has 0 aromatic carbocycles. The summed E-state index contributed by atoms with van der Waals surface area (Å²) in [5, 5.41) is 9.68. The summed E-state index contributed by atoms with van der Waals surface area (Å²) >= 11 is 0. The molecule has 2 saturated carbocycles. The number of hydrogen-bond acceptors (Lipinski definition) is 3. The van der Waals surface area contributed by atoms with Crippen molar-refractivity contribution in [3.63, 3.8) is 0 Å². The molecule has 0 N–H and O–H groups in total. The van der Waals surface area contributed by atoms with Gasteiger partial charge >= 0.3 is 0 Å². The maximum absolute atomic E-state index is 13.4. The molecule has 2 aliphatic carbocycles. The van der Waals surface area contributed by atoms with E-state index in [2.05, 4.69) is 6.07 Å². The SMILES string of the molecule is N#CC(C(=O)C1N(CC2CCCCC2)C(=O)CC12CC2)=S1CCCC1. The summed E-state index contributed by atoms with van der Waals surface area (Å²) in [4.78, 5) is 28.5. The molecule has 4 fully saturated rings. The molecule has 5 heteroatoms. The molecule has 2 aliphatic heterocycles. The number of ketones is 1. The second kappa shape index (κ2) is 6.87. The molecule has 2 heterocycles. The summed E-state index contributed by atoms with van der Waals surface area (Å²) in [5.41, 5.74) is -0.131. The van der Waals surface area contributed by atoms with Gasteiger partial charge in [-0.25, -0.2) is 0 Å². The van der Waals surface area contributed by atoms with Gasteiger partial charge in [-0.2, -0.15) is 15.7 Å². The van der Waals surface area contributed by atoms with Crippen molar-refractivity contribution in [3.05, 3.63) is 0 Å². The summed E-state index contributed by atoms with van der Waals surface area (Å²) in [6, 6.07) is 1.94. The number of nitriles is 1. The molecular formula is C20H28N2O2S. The minimum atomic E-state index is -0.329. The molecule has 4 aliphatic rings. The zero-order valence-corrected chi connectivity index (χ0v) is 15.8. The molecule has 0 aromatic rings. The fourth-order valence-corrected chi connectivity index (χ4v) is 7.35. The number of carbonyl (C=O) groups excluding carboxylic acids is 2. The number of amides is 1. The van der Waals surface area contributed by atoms with E-state index in [1.165, 1.54) is 32.1 Å². The van der Waals surface area contributed by atoms with Crippen LogP contribution in [-0.4, -0.2) is 45.5 Å². The zero-order valence-electron chi connectivity index (χ0n) is 15.0. The molecule has 4 rings (SSSR count). The molecule has 1 amide bonds. The zero-order chi connectivity index (χ0) is 17.4. The van der Waals surface area contributed by atoms with Gasteiger partial charge < -0.3 is 4.90 Å². The Hall–Kier alpha value is -1.15. The highest BCUT2D eigenvalue weighted by molar-refractivity contribution is 8.17. The second-order valence-electron chi connectivity index (χ2n) is 8.41. The number of rotatable bonds is 4. The van der Waals surface area contributed by atoms with Crippen molar-refractivity contribution in [1.29, 1.82) is 5.26 Å². The maximum atomic E-state index is 13.4. The first-order chi connectivity index (χ1) is 12.1. The molecule has 1 atom stereocenters. The lowest BCUT2D eigenvalue weighted by atomic mass is 9.87. The normalized spacial score (nSPS) is 29.2. The Bertz CT molecular complexity index is 645. The van der Waals surface area contributed by atoms with Crippen LogP contribution in [0.2, 0.25) is 0 Å². The van der Waals surface area contributed by atoms with Gasteiger partial charge in [-0.1, -0.05) is 19.3 Å². The lowest BCUT2D eigenvalue weighted by Crippen LogP contribution is -2.47. The highest BCUT2D eigenvalue weighted by atomic mass is 32.2.